The van der Waals surface area contributed by atoms with Crippen LogP contribution in [0, 0.1) is 11.3 Å². The van der Waals surface area contributed by atoms with Gasteiger partial charge in [-0.15, -0.1) is 11.3 Å². The van der Waals surface area contributed by atoms with Crippen LogP contribution in [0.4, 0.5) is 0 Å². The monoisotopic (exact) mass is 373 g/mol. The second kappa shape index (κ2) is 6.74. The standard InChI is InChI=1S/C23H23N3S/c1-15-3-2-10-26(15)20-11-19(12-20)23-25-21-9-8-18(13-22(21)27-23)17-6-4-16(14-24)5-7-17/h4-9,13,15,19-20H,2-3,10-12H2,1H3/t15-,19-,20-/m1/s1. The Labute approximate surface area is 164 Å². The Bertz CT molecular complexity index is 1010. The molecule has 3 aromatic rings. The summed E-state index contributed by atoms with van der Waals surface area (Å²) >= 11 is 1.86. The molecule has 1 aliphatic carbocycles. The summed E-state index contributed by atoms with van der Waals surface area (Å²) in [5.74, 6) is 0.638. The second-order valence-corrected chi connectivity index (χ2v) is 9.04. The molecule has 1 saturated heterocycles. The molecular weight excluding hydrogens is 350 g/mol. The molecule has 5 rings (SSSR count). The third kappa shape index (κ3) is 3.05. The number of nitrogens with zero attached hydrogens (tertiary/aromatic N) is 3. The van der Waals surface area contributed by atoms with E-state index in [1.165, 1.54) is 47.5 Å². The molecule has 1 aromatic heterocycles. The van der Waals surface area contributed by atoms with E-state index < -0.39 is 0 Å². The largest absolute Gasteiger partial charge is 0.298 e. The van der Waals surface area contributed by atoms with Gasteiger partial charge >= 0.3 is 0 Å². The van der Waals surface area contributed by atoms with Crippen LogP contribution in [0.3, 0.4) is 0 Å². The van der Waals surface area contributed by atoms with Crippen LogP contribution >= 0.6 is 11.3 Å². The van der Waals surface area contributed by atoms with Gasteiger partial charge in [0.1, 0.15) is 0 Å². The Morgan fingerprint density at radius 2 is 1.89 bits per heavy atom. The average Bonchev–Trinajstić information content (AvgIpc) is 3.26. The fraction of sp³-hybridized carbons (Fsp3) is 0.391. The molecule has 1 atom stereocenters. The number of benzene rings is 2. The summed E-state index contributed by atoms with van der Waals surface area (Å²) in [4.78, 5) is 7.65. The van der Waals surface area contributed by atoms with Gasteiger partial charge in [0.05, 0.1) is 26.9 Å². The van der Waals surface area contributed by atoms with Crippen molar-refractivity contribution in [3.63, 3.8) is 0 Å². The maximum Gasteiger partial charge on any atom is 0.0991 e. The number of nitriles is 1. The summed E-state index contributed by atoms with van der Waals surface area (Å²) in [6.45, 7) is 3.66. The maximum atomic E-state index is 8.97. The smallest absolute Gasteiger partial charge is 0.0991 e. The molecule has 2 aliphatic rings. The molecule has 0 unspecified atom stereocenters. The quantitative estimate of drug-likeness (QED) is 0.603. The minimum Gasteiger partial charge on any atom is -0.298 e. The normalized spacial score (nSPS) is 25.4. The van der Waals surface area contributed by atoms with Crippen molar-refractivity contribution in [2.45, 2.75) is 50.6 Å². The van der Waals surface area contributed by atoms with E-state index in [-0.39, 0.29) is 0 Å². The topological polar surface area (TPSA) is 39.9 Å². The van der Waals surface area contributed by atoms with E-state index in [0.717, 1.165) is 23.2 Å². The highest BCUT2D eigenvalue weighted by molar-refractivity contribution is 7.18. The first-order chi connectivity index (χ1) is 13.2. The Morgan fingerprint density at radius 1 is 1.11 bits per heavy atom. The molecule has 1 saturated carbocycles. The number of rotatable bonds is 3. The zero-order chi connectivity index (χ0) is 18.4. The van der Waals surface area contributed by atoms with Crippen molar-refractivity contribution < 1.29 is 0 Å². The molecule has 0 spiro atoms. The van der Waals surface area contributed by atoms with Gasteiger partial charge in [0, 0.05) is 18.0 Å². The average molecular weight is 374 g/mol. The van der Waals surface area contributed by atoms with Crippen LogP contribution in [0.1, 0.15) is 49.1 Å². The molecule has 2 heterocycles. The Hall–Kier alpha value is -2.22. The minimum absolute atomic E-state index is 0.638. The molecule has 27 heavy (non-hydrogen) atoms. The molecule has 1 aliphatic heterocycles. The highest BCUT2D eigenvalue weighted by Crippen LogP contribution is 2.44. The fourth-order valence-corrected chi connectivity index (χ4v) is 5.72. The van der Waals surface area contributed by atoms with Crippen LogP contribution in [0.5, 0.6) is 0 Å². The molecule has 2 fully saturated rings. The summed E-state index contributed by atoms with van der Waals surface area (Å²) < 4.78 is 1.27. The molecule has 0 amide bonds. The van der Waals surface area contributed by atoms with E-state index in [1.807, 2.05) is 35.6 Å². The van der Waals surface area contributed by atoms with Crippen LogP contribution in [-0.4, -0.2) is 28.5 Å². The van der Waals surface area contributed by atoms with E-state index in [2.05, 4.69) is 36.1 Å². The SMILES string of the molecule is C[C@@H]1CCCN1[C@H]1C[C@H](c2nc3ccc(-c4ccc(C#N)cc4)cc3s2)C1. The lowest BCUT2D eigenvalue weighted by atomic mass is 9.79. The summed E-state index contributed by atoms with van der Waals surface area (Å²) in [6.07, 6.45) is 5.27. The number of thiazole rings is 1. The van der Waals surface area contributed by atoms with Gasteiger partial charge in [0.2, 0.25) is 0 Å². The van der Waals surface area contributed by atoms with E-state index in [1.54, 1.807) is 0 Å². The fourth-order valence-electron chi connectivity index (χ4n) is 4.59. The number of aromatic nitrogens is 1. The molecule has 0 bridgehead atoms. The van der Waals surface area contributed by atoms with Crippen molar-refractivity contribution in [3.8, 4) is 17.2 Å². The predicted octanol–water partition coefficient (Wildman–Crippen LogP) is 5.57. The van der Waals surface area contributed by atoms with Gasteiger partial charge in [0.25, 0.3) is 0 Å². The molecule has 2 aromatic carbocycles. The number of hydrogen-bond donors (Lipinski definition) is 0. The predicted molar refractivity (Wildman–Crippen MR) is 111 cm³/mol. The summed E-state index contributed by atoms with van der Waals surface area (Å²) in [7, 11) is 0. The highest BCUT2D eigenvalue weighted by atomic mass is 32.1. The van der Waals surface area contributed by atoms with Crippen molar-refractivity contribution in [2.75, 3.05) is 6.54 Å². The number of hydrogen-bond acceptors (Lipinski definition) is 4. The third-order valence-corrected chi connectivity index (χ3v) is 7.47. The van der Waals surface area contributed by atoms with Crippen molar-refractivity contribution in [1.82, 2.24) is 9.88 Å². The first-order valence-corrected chi connectivity index (χ1v) is 10.7. The van der Waals surface area contributed by atoms with Gasteiger partial charge in [-0.2, -0.15) is 5.26 Å². The number of fused-ring (bicyclic) bond motifs is 1. The molecule has 0 radical (unpaired) electrons. The second-order valence-electron chi connectivity index (χ2n) is 7.97. The third-order valence-electron chi connectivity index (χ3n) is 6.29. The van der Waals surface area contributed by atoms with E-state index >= 15 is 0 Å². The van der Waals surface area contributed by atoms with Crippen molar-refractivity contribution in [2.24, 2.45) is 0 Å². The van der Waals surface area contributed by atoms with Gasteiger partial charge in [0.15, 0.2) is 0 Å². The van der Waals surface area contributed by atoms with Gasteiger partial charge < -0.3 is 0 Å². The van der Waals surface area contributed by atoms with Crippen LogP contribution < -0.4 is 0 Å². The van der Waals surface area contributed by atoms with E-state index in [9.17, 15) is 0 Å². The Morgan fingerprint density at radius 3 is 2.59 bits per heavy atom. The molecule has 4 heteroatoms. The number of likely N-dealkylation sites (tertiary alicyclic amines) is 1. The lowest BCUT2D eigenvalue weighted by Crippen LogP contribution is -2.45. The molecule has 136 valence electrons. The Balaban J connectivity index is 1.34. The van der Waals surface area contributed by atoms with Gasteiger partial charge in [-0.3, -0.25) is 4.90 Å². The van der Waals surface area contributed by atoms with Crippen LogP contribution in [0.2, 0.25) is 0 Å². The van der Waals surface area contributed by atoms with Gasteiger partial charge in [-0.1, -0.05) is 18.2 Å². The van der Waals surface area contributed by atoms with Crippen molar-refractivity contribution in [3.05, 3.63) is 53.0 Å². The van der Waals surface area contributed by atoms with E-state index in [4.69, 9.17) is 10.2 Å². The first-order valence-electron chi connectivity index (χ1n) is 9.88. The zero-order valence-corrected chi connectivity index (χ0v) is 16.4. The van der Waals surface area contributed by atoms with Crippen molar-refractivity contribution in [1.29, 1.82) is 5.26 Å². The van der Waals surface area contributed by atoms with Crippen LogP contribution in [0.25, 0.3) is 21.3 Å². The van der Waals surface area contributed by atoms with Crippen LogP contribution in [0.15, 0.2) is 42.5 Å². The van der Waals surface area contributed by atoms with Gasteiger partial charge in [-0.05, 0) is 74.5 Å². The summed E-state index contributed by atoms with van der Waals surface area (Å²) in [5, 5.41) is 10.3. The van der Waals surface area contributed by atoms with Crippen molar-refractivity contribution >= 4 is 21.6 Å². The Kier molecular flexibility index (Phi) is 4.22. The summed E-state index contributed by atoms with van der Waals surface area (Å²) in [6, 6.07) is 18.1. The molecule has 0 N–H and O–H groups in total. The lowest BCUT2D eigenvalue weighted by molar-refractivity contribution is 0.103. The molecule has 3 nitrogen and oxygen atoms in total. The zero-order valence-electron chi connectivity index (χ0n) is 15.6. The maximum absolute atomic E-state index is 8.97. The van der Waals surface area contributed by atoms with Gasteiger partial charge in [-0.25, -0.2) is 4.98 Å². The summed E-state index contributed by atoms with van der Waals surface area (Å²) in [5.41, 5.74) is 4.16. The van der Waals surface area contributed by atoms with Crippen LogP contribution in [-0.2, 0) is 0 Å². The highest BCUT2D eigenvalue weighted by Gasteiger charge is 2.39. The van der Waals surface area contributed by atoms with E-state index in [0.29, 0.717) is 11.5 Å². The first kappa shape index (κ1) is 16.9. The molecular formula is C23H23N3S. The lowest BCUT2D eigenvalue weighted by Gasteiger charge is -2.42. The minimum atomic E-state index is 0.638.